The molecule has 114 valence electrons. The van der Waals surface area contributed by atoms with Crippen LogP contribution in [0.25, 0.3) is 10.9 Å². The smallest absolute Gasteiger partial charge is 0.0483 e. The number of nitrogens with zero attached hydrogens (tertiary/aromatic N) is 1. The van der Waals surface area contributed by atoms with E-state index in [0.717, 1.165) is 19.0 Å². The fourth-order valence-electron chi connectivity index (χ4n) is 3.47. The van der Waals surface area contributed by atoms with Gasteiger partial charge >= 0.3 is 0 Å². The number of fused-ring (bicyclic) bond motifs is 1. The summed E-state index contributed by atoms with van der Waals surface area (Å²) in [5, 5.41) is 8.54. The van der Waals surface area contributed by atoms with Crippen LogP contribution in [0.5, 0.6) is 0 Å². The van der Waals surface area contributed by atoms with Crippen LogP contribution in [0.3, 0.4) is 0 Å². The summed E-state index contributed by atoms with van der Waals surface area (Å²) in [5.41, 5.74) is 5.53. The Balaban J connectivity index is 1.73. The van der Waals surface area contributed by atoms with Crippen molar-refractivity contribution in [1.82, 2.24) is 15.2 Å². The van der Waals surface area contributed by atoms with E-state index in [9.17, 15) is 0 Å². The first-order valence-corrected chi connectivity index (χ1v) is 8.12. The van der Waals surface area contributed by atoms with Crippen LogP contribution in [0.2, 0.25) is 0 Å². The number of hydrogen-bond acceptors (Lipinski definition) is 2. The molecule has 0 aliphatic carbocycles. The highest BCUT2D eigenvalue weighted by Gasteiger charge is 2.14. The van der Waals surface area contributed by atoms with Crippen molar-refractivity contribution in [3.05, 3.63) is 35.0 Å². The van der Waals surface area contributed by atoms with Gasteiger partial charge in [-0.1, -0.05) is 11.6 Å². The van der Waals surface area contributed by atoms with Gasteiger partial charge in [-0.15, -0.1) is 0 Å². The number of aromatic nitrogens is 1. The first kappa shape index (κ1) is 14.6. The van der Waals surface area contributed by atoms with Crippen molar-refractivity contribution in [2.24, 2.45) is 13.0 Å². The van der Waals surface area contributed by atoms with Gasteiger partial charge in [-0.05, 0) is 69.9 Å². The van der Waals surface area contributed by atoms with Crippen LogP contribution in [0.4, 0.5) is 0 Å². The van der Waals surface area contributed by atoms with Crippen LogP contribution in [-0.2, 0) is 13.6 Å². The van der Waals surface area contributed by atoms with Gasteiger partial charge in [0.05, 0.1) is 0 Å². The molecule has 1 aliphatic heterocycles. The molecule has 0 bridgehead atoms. The quantitative estimate of drug-likeness (QED) is 0.904. The van der Waals surface area contributed by atoms with Crippen molar-refractivity contribution in [3.63, 3.8) is 0 Å². The summed E-state index contributed by atoms with van der Waals surface area (Å²) in [6.45, 7) is 8.89. The van der Waals surface area contributed by atoms with Crippen molar-refractivity contribution < 1.29 is 0 Å². The average Bonchev–Trinajstić information content (AvgIpc) is 2.73. The van der Waals surface area contributed by atoms with Crippen molar-refractivity contribution in [2.75, 3.05) is 19.6 Å². The molecule has 3 heteroatoms. The number of rotatable bonds is 4. The first-order valence-electron chi connectivity index (χ1n) is 8.12. The monoisotopic (exact) mass is 285 g/mol. The Labute approximate surface area is 127 Å². The van der Waals surface area contributed by atoms with E-state index in [4.69, 9.17) is 0 Å². The van der Waals surface area contributed by atoms with E-state index in [2.05, 4.69) is 54.3 Å². The first-order chi connectivity index (χ1) is 10.2. The van der Waals surface area contributed by atoms with Gasteiger partial charge in [0.15, 0.2) is 0 Å². The molecule has 1 fully saturated rings. The predicted molar refractivity (Wildman–Crippen MR) is 89.7 cm³/mol. The van der Waals surface area contributed by atoms with E-state index in [1.807, 2.05) is 0 Å². The third-order valence-electron chi connectivity index (χ3n) is 4.97. The van der Waals surface area contributed by atoms with Gasteiger partial charge in [0.1, 0.15) is 0 Å². The van der Waals surface area contributed by atoms with Crippen molar-refractivity contribution in [3.8, 4) is 0 Å². The number of hydrogen-bond donors (Lipinski definition) is 2. The molecule has 2 N–H and O–H groups in total. The second-order valence-corrected chi connectivity index (χ2v) is 6.47. The molecular weight excluding hydrogens is 258 g/mol. The zero-order chi connectivity index (χ0) is 14.8. The number of nitrogens with one attached hydrogen (secondary N) is 2. The van der Waals surface area contributed by atoms with Crippen molar-refractivity contribution >= 4 is 10.9 Å². The van der Waals surface area contributed by atoms with E-state index in [1.54, 1.807) is 0 Å². The molecule has 3 nitrogen and oxygen atoms in total. The molecule has 1 aliphatic rings. The summed E-state index contributed by atoms with van der Waals surface area (Å²) in [6.07, 6.45) is 2.61. The van der Waals surface area contributed by atoms with E-state index in [1.165, 1.54) is 53.7 Å². The fraction of sp³-hybridized carbons (Fsp3) is 0.556. The van der Waals surface area contributed by atoms with Crippen LogP contribution >= 0.6 is 0 Å². The van der Waals surface area contributed by atoms with E-state index < -0.39 is 0 Å². The minimum Gasteiger partial charge on any atom is -0.348 e. The fourth-order valence-corrected chi connectivity index (χ4v) is 3.47. The Morgan fingerprint density at radius 1 is 1.24 bits per heavy atom. The Morgan fingerprint density at radius 2 is 2.00 bits per heavy atom. The van der Waals surface area contributed by atoms with Crippen molar-refractivity contribution in [2.45, 2.75) is 33.2 Å². The highest BCUT2D eigenvalue weighted by molar-refractivity contribution is 5.86. The highest BCUT2D eigenvalue weighted by Crippen LogP contribution is 2.26. The molecule has 0 saturated carbocycles. The normalized spacial score (nSPS) is 16.7. The Bertz CT molecular complexity index is 621. The minimum atomic E-state index is 0.836. The van der Waals surface area contributed by atoms with Crippen molar-refractivity contribution in [1.29, 1.82) is 0 Å². The maximum absolute atomic E-state index is 3.70. The molecule has 0 amide bonds. The average molecular weight is 285 g/mol. The lowest BCUT2D eigenvalue weighted by Crippen LogP contribution is -2.33. The molecule has 0 atom stereocenters. The molecule has 0 unspecified atom stereocenters. The Kier molecular flexibility index (Phi) is 4.32. The lowest BCUT2D eigenvalue weighted by Gasteiger charge is -2.22. The number of piperidine rings is 1. The van der Waals surface area contributed by atoms with Crippen LogP contribution < -0.4 is 10.6 Å². The molecule has 1 aromatic heterocycles. The van der Waals surface area contributed by atoms with Gasteiger partial charge < -0.3 is 15.2 Å². The molecule has 0 spiro atoms. The standard InChI is InChI=1S/C18H27N3/c1-13-4-5-18-16(10-13)17(14(2)21(18)3)12-20-11-15-6-8-19-9-7-15/h4-5,10,15,19-20H,6-9,11-12H2,1-3H3. The lowest BCUT2D eigenvalue weighted by atomic mass is 9.98. The van der Waals surface area contributed by atoms with Gasteiger partial charge in [0.25, 0.3) is 0 Å². The molecule has 3 rings (SSSR count). The lowest BCUT2D eigenvalue weighted by molar-refractivity contribution is 0.356. The van der Waals surface area contributed by atoms with Crippen LogP contribution in [0.15, 0.2) is 18.2 Å². The SMILES string of the molecule is Cc1ccc2c(c1)c(CNCC1CCNCC1)c(C)n2C. The van der Waals surface area contributed by atoms with Gasteiger partial charge in [-0.3, -0.25) is 0 Å². The summed E-state index contributed by atoms with van der Waals surface area (Å²) in [4.78, 5) is 0. The summed E-state index contributed by atoms with van der Waals surface area (Å²) in [6, 6.07) is 6.77. The van der Waals surface area contributed by atoms with E-state index in [-0.39, 0.29) is 0 Å². The van der Waals surface area contributed by atoms with E-state index >= 15 is 0 Å². The maximum atomic E-state index is 3.70. The van der Waals surface area contributed by atoms with Crippen LogP contribution in [-0.4, -0.2) is 24.2 Å². The maximum Gasteiger partial charge on any atom is 0.0483 e. The molecule has 2 heterocycles. The van der Waals surface area contributed by atoms with Gasteiger partial charge in [0, 0.05) is 30.2 Å². The molecular formula is C18H27N3. The van der Waals surface area contributed by atoms with Gasteiger partial charge in [-0.25, -0.2) is 0 Å². The predicted octanol–water partition coefficient (Wildman–Crippen LogP) is 2.88. The van der Waals surface area contributed by atoms with Crippen LogP contribution in [0.1, 0.15) is 29.7 Å². The third-order valence-corrected chi connectivity index (χ3v) is 4.97. The number of aryl methyl sites for hydroxylation is 2. The molecule has 2 aromatic rings. The van der Waals surface area contributed by atoms with Crippen LogP contribution in [0, 0.1) is 19.8 Å². The molecule has 1 aromatic carbocycles. The largest absolute Gasteiger partial charge is 0.348 e. The van der Waals surface area contributed by atoms with E-state index in [0.29, 0.717) is 0 Å². The highest BCUT2D eigenvalue weighted by atomic mass is 15.0. The van der Waals surface area contributed by atoms with Gasteiger partial charge in [0.2, 0.25) is 0 Å². The molecule has 1 saturated heterocycles. The minimum absolute atomic E-state index is 0.836. The summed E-state index contributed by atoms with van der Waals surface area (Å²) in [5.74, 6) is 0.836. The zero-order valence-corrected chi connectivity index (χ0v) is 13.5. The number of benzene rings is 1. The summed E-state index contributed by atoms with van der Waals surface area (Å²) < 4.78 is 2.32. The third kappa shape index (κ3) is 2.99. The summed E-state index contributed by atoms with van der Waals surface area (Å²) >= 11 is 0. The van der Waals surface area contributed by atoms with Gasteiger partial charge in [-0.2, -0.15) is 0 Å². The second kappa shape index (κ2) is 6.20. The zero-order valence-electron chi connectivity index (χ0n) is 13.5. The Hall–Kier alpha value is -1.32. The topological polar surface area (TPSA) is 29.0 Å². The molecule has 0 radical (unpaired) electrons. The Morgan fingerprint density at radius 3 is 2.76 bits per heavy atom. The summed E-state index contributed by atoms with van der Waals surface area (Å²) in [7, 11) is 2.17. The second-order valence-electron chi connectivity index (χ2n) is 6.47. The molecule has 21 heavy (non-hydrogen) atoms.